The van der Waals surface area contributed by atoms with E-state index >= 15 is 0 Å². The predicted molar refractivity (Wildman–Crippen MR) is 52.3 cm³/mol. The molecular weight excluding hydrogens is 196 g/mol. The van der Waals surface area contributed by atoms with Gasteiger partial charge in [0.05, 0.1) is 18.3 Å². The number of rotatable bonds is 3. The lowest BCUT2D eigenvalue weighted by Gasteiger charge is -2.09. The van der Waals surface area contributed by atoms with Gasteiger partial charge in [0.2, 0.25) is 0 Å². The lowest BCUT2D eigenvalue weighted by Crippen LogP contribution is -2.18. The first-order chi connectivity index (χ1) is 7.18. The summed E-state index contributed by atoms with van der Waals surface area (Å²) in [6, 6.07) is 0. The van der Waals surface area contributed by atoms with Crippen molar-refractivity contribution in [3.8, 4) is 0 Å². The maximum Gasteiger partial charge on any atom is 0.271 e. The maximum atomic E-state index is 10.9. The molecule has 0 spiro atoms. The lowest BCUT2D eigenvalue weighted by atomic mass is 10.2. The fourth-order valence-corrected chi connectivity index (χ4v) is 1.74. The van der Waals surface area contributed by atoms with Gasteiger partial charge >= 0.3 is 0 Å². The Labute approximate surface area is 87.4 Å². The zero-order chi connectivity index (χ0) is 10.8. The molecule has 0 saturated carbocycles. The third-order valence-electron chi connectivity index (χ3n) is 2.62. The van der Waals surface area contributed by atoms with Gasteiger partial charge in [0.25, 0.3) is 5.91 Å². The Morgan fingerprint density at radius 1 is 1.73 bits per heavy atom. The van der Waals surface area contributed by atoms with Crippen molar-refractivity contribution >= 4 is 5.91 Å². The van der Waals surface area contributed by atoms with Crippen molar-refractivity contribution < 1.29 is 9.53 Å². The van der Waals surface area contributed by atoms with Crippen molar-refractivity contribution in [1.29, 1.82) is 0 Å². The molecule has 1 aliphatic rings. The molecule has 6 heteroatoms. The second-order valence-corrected chi connectivity index (χ2v) is 3.70. The van der Waals surface area contributed by atoms with Crippen LogP contribution in [0, 0.1) is 6.92 Å². The van der Waals surface area contributed by atoms with E-state index in [0.717, 1.165) is 19.4 Å². The van der Waals surface area contributed by atoms with Gasteiger partial charge in [0, 0.05) is 6.61 Å². The molecule has 1 aliphatic heterocycles. The number of ether oxygens (including phenoxy) is 1. The van der Waals surface area contributed by atoms with Crippen LogP contribution in [-0.2, 0) is 11.3 Å². The second-order valence-electron chi connectivity index (χ2n) is 3.70. The minimum Gasteiger partial charge on any atom is -0.376 e. The average Bonchev–Trinajstić information content (AvgIpc) is 2.78. The number of primary amides is 1. The van der Waals surface area contributed by atoms with Crippen molar-refractivity contribution in [2.45, 2.75) is 32.4 Å². The molecule has 1 aromatic rings. The summed E-state index contributed by atoms with van der Waals surface area (Å²) in [5, 5.41) is 7.63. The largest absolute Gasteiger partial charge is 0.376 e. The van der Waals surface area contributed by atoms with Crippen LogP contribution < -0.4 is 5.73 Å². The van der Waals surface area contributed by atoms with E-state index in [0.29, 0.717) is 12.2 Å². The first-order valence-corrected chi connectivity index (χ1v) is 5.00. The predicted octanol–water partition coefficient (Wildman–Crippen LogP) is -0.136. The number of nitrogens with two attached hydrogens (primary N) is 1. The quantitative estimate of drug-likeness (QED) is 0.753. The highest BCUT2D eigenvalue weighted by molar-refractivity contribution is 5.91. The number of amides is 1. The molecule has 1 unspecified atom stereocenters. The number of hydrogen-bond donors (Lipinski definition) is 1. The van der Waals surface area contributed by atoms with Crippen LogP contribution in [-0.4, -0.2) is 33.6 Å². The third-order valence-corrected chi connectivity index (χ3v) is 2.62. The molecular formula is C9H14N4O2. The highest BCUT2D eigenvalue weighted by atomic mass is 16.5. The molecule has 6 nitrogen and oxygen atoms in total. The van der Waals surface area contributed by atoms with Gasteiger partial charge < -0.3 is 10.5 Å². The van der Waals surface area contributed by atoms with Gasteiger partial charge in [-0.3, -0.25) is 4.79 Å². The van der Waals surface area contributed by atoms with E-state index in [9.17, 15) is 4.79 Å². The Morgan fingerprint density at radius 3 is 3.07 bits per heavy atom. The van der Waals surface area contributed by atoms with Gasteiger partial charge in [-0.15, -0.1) is 5.10 Å². The summed E-state index contributed by atoms with van der Waals surface area (Å²) in [6.45, 7) is 3.24. The van der Waals surface area contributed by atoms with Crippen molar-refractivity contribution in [2.24, 2.45) is 5.73 Å². The summed E-state index contributed by atoms with van der Waals surface area (Å²) in [4.78, 5) is 10.9. The number of hydrogen-bond acceptors (Lipinski definition) is 4. The Morgan fingerprint density at radius 2 is 2.53 bits per heavy atom. The minimum atomic E-state index is -0.536. The van der Waals surface area contributed by atoms with Crippen molar-refractivity contribution in [1.82, 2.24) is 15.0 Å². The topological polar surface area (TPSA) is 83.0 Å². The zero-order valence-corrected chi connectivity index (χ0v) is 8.64. The summed E-state index contributed by atoms with van der Waals surface area (Å²) in [7, 11) is 0. The SMILES string of the molecule is Cc1c(C(N)=O)nnn1CC1CCCO1. The van der Waals surface area contributed by atoms with Gasteiger partial charge in [-0.05, 0) is 19.8 Å². The van der Waals surface area contributed by atoms with Crippen molar-refractivity contribution in [3.05, 3.63) is 11.4 Å². The first kappa shape index (κ1) is 10.1. The molecule has 0 aliphatic carbocycles. The zero-order valence-electron chi connectivity index (χ0n) is 8.64. The summed E-state index contributed by atoms with van der Waals surface area (Å²) >= 11 is 0. The molecule has 1 atom stereocenters. The van der Waals surface area contributed by atoms with Crippen LogP contribution in [0.3, 0.4) is 0 Å². The first-order valence-electron chi connectivity index (χ1n) is 5.00. The Kier molecular flexibility index (Phi) is 2.68. The molecule has 1 amide bonds. The smallest absolute Gasteiger partial charge is 0.271 e. The molecule has 2 heterocycles. The molecule has 0 radical (unpaired) electrons. The van der Waals surface area contributed by atoms with Gasteiger partial charge in [0.15, 0.2) is 5.69 Å². The van der Waals surface area contributed by atoms with Crippen molar-refractivity contribution in [3.63, 3.8) is 0 Å². The van der Waals surface area contributed by atoms with Gasteiger partial charge in [-0.1, -0.05) is 5.21 Å². The third kappa shape index (κ3) is 1.99. The molecule has 1 aromatic heterocycles. The van der Waals surface area contributed by atoms with Crippen LogP contribution in [0.4, 0.5) is 0 Å². The van der Waals surface area contributed by atoms with Crippen LogP contribution in [0.2, 0.25) is 0 Å². The van der Waals surface area contributed by atoms with Crippen LogP contribution in [0.1, 0.15) is 29.0 Å². The summed E-state index contributed by atoms with van der Waals surface area (Å²) in [5.41, 5.74) is 6.10. The molecule has 15 heavy (non-hydrogen) atoms. The van der Waals surface area contributed by atoms with Crippen LogP contribution in [0.25, 0.3) is 0 Å². The van der Waals surface area contributed by atoms with Crippen LogP contribution >= 0.6 is 0 Å². The monoisotopic (exact) mass is 210 g/mol. The standard InChI is InChI=1S/C9H14N4O2/c1-6-8(9(10)14)11-12-13(6)5-7-3-2-4-15-7/h7H,2-5H2,1H3,(H2,10,14). The summed E-state index contributed by atoms with van der Waals surface area (Å²) in [6.07, 6.45) is 2.30. The molecule has 82 valence electrons. The number of aromatic nitrogens is 3. The number of nitrogens with zero attached hydrogens (tertiary/aromatic N) is 3. The fourth-order valence-electron chi connectivity index (χ4n) is 1.74. The Bertz CT molecular complexity index is 368. The van der Waals surface area contributed by atoms with E-state index in [-0.39, 0.29) is 11.8 Å². The number of carbonyl (C=O) groups excluding carboxylic acids is 1. The lowest BCUT2D eigenvalue weighted by molar-refractivity contribution is 0.0927. The Hall–Kier alpha value is -1.43. The number of carbonyl (C=O) groups is 1. The van der Waals surface area contributed by atoms with E-state index in [1.165, 1.54) is 0 Å². The van der Waals surface area contributed by atoms with Crippen LogP contribution in [0.5, 0.6) is 0 Å². The molecule has 2 rings (SSSR count). The van der Waals surface area contributed by atoms with Crippen molar-refractivity contribution in [2.75, 3.05) is 6.61 Å². The van der Waals surface area contributed by atoms with Gasteiger partial charge in [-0.25, -0.2) is 4.68 Å². The molecule has 0 aromatic carbocycles. The molecule has 1 saturated heterocycles. The summed E-state index contributed by atoms with van der Waals surface area (Å²) < 4.78 is 7.15. The van der Waals surface area contributed by atoms with Gasteiger partial charge in [0.1, 0.15) is 0 Å². The fraction of sp³-hybridized carbons (Fsp3) is 0.667. The highest BCUT2D eigenvalue weighted by Crippen LogP contribution is 2.14. The van der Waals surface area contributed by atoms with E-state index in [1.807, 2.05) is 0 Å². The molecule has 1 fully saturated rings. The van der Waals surface area contributed by atoms with Gasteiger partial charge in [-0.2, -0.15) is 0 Å². The second kappa shape index (κ2) is 3.98. The average molecular weight is 210 g/mol. The van der Waals surface area contributed by atoms with E-state index < -0.39 is 5.91 Å². The normalized spacial score (nSPS) is 20.7. The van der Waals surface area contributed by atoms with E-state index in [4.69, 9.17) is 10.5 Å². The van der Waals surface area contributed by atoms with E-state index in [2.05, 4.69) is 10.3 Å². The van der Waals surface area contributed by atoms with Crippen LogP contribution in [0.15, 0.2) is 0 Å². The van der Waals surface area contributed by atoms with E-state index in [1.54, 1.807) is 11.6 Å². The minimum absolute atomic E-state index is 0.186. The molecule has 0 bridgehead atoms. The highest BCUT2D eigenvalue weighted by Gasteiger charge is 2.19. The maximum absolute atomic E-state index is 10.9. The molecule has 2 N–H and O–H groups in total. The summed E-state index contributed by atoms with van der Waals surface area (Å²) in [5.74, 6) is -0.536. The Balaban J connectivity index is 2.11.